The molecular formula is C13H22N4O3. The number of hydrogen-bond donors (Lipinski definition) is 2. The Hall–Kier alpha value is -1.89. The summed E-state index contributed by atoms with van der Waals surface area (Å²) in [7, 11) is 0. The van der Waals surface area contributed by atoms with Crippen molar-refractivity contribution in [3.8, 4) is 0 Å². The van der Waals surface area contributed by atoms with Crippen molar-refractivity contribution in [3.05, 3.63) is 33.1 Å². The lowest BCUT2D eigenvalue weighted by Crippen LogP contribution is -2.36. The van der Waals surface area contributed by atoms with Crippen LogP contribution in [-0.4, -0.2) is 46.5 Å². The summed E-state index contributed by atoms with van der Waals surface area (Å²) in [5.74, 6) is -0.102. The zero-order valence-corrected chi connectivity index (χ0v) is 12.0. The van der Waals surface area contributed by atoms with E-state index in [2.05, 4.69) is 29.0 Å². The van der Waals surface area contributed by atoms with Crippen LogP contribution in [0.4, 0.5) is 0 Å². The van der Waals surface area contributed by atoms with Crippen molar-refractivity contribution < 1.29 is 4.79 Å². The minimum Gasteiger partial charge on any atom is -0.355 e. The van der Waals surface area contributed by atoms with Gasteiger partial charge in [-0.2, -0.15) is 0 Å². The van der Waals surface area contributed by atoms with E-state index < -0.39 is 11.2 Å². The summed E-state index contributed by atoms with van der Waals surface area (Å²) in [5.41, 5.74) is -0.927. The third-order valence-electron chi connectivity index (χ3n) is 3.12. The molecule has 0 radical (unpaired) electrons. The third kappa shape index (κ3) is 5.40. The van der Waals surface area contributed by atoms with Crippen LogP contribution in [-0.2, 0) is 11.3 Å². The summed E-state index contributed by atoms with van der Waals surface area (Å²) in [5, 5.41) is 2.81. The van der Waals surface area contributed by atoms with Gasteiger partial charge >= 0.3 is 5.69 Å². The highest BCUT2D eigenvalue weighted by Crippen LogP contribution is 1.87. The Morgan fingerprint density at radius 2 is 2.05 bits per heavy atom. The van der Waals surface area contributed by atoms with Gasteiger partial charge < -0.3 is 14.8 Å². The van der Waals surface area contributed by atoms with Crippen LogP contribution in [0.15, 0.2) is 21.9 Å². The summed E-state index contributed by atoms with van der Waals surface area (Å²) >= 11 is 0. The smallest absolute Gasteiger partial charge is 0.328 e. The first-order chi connectivity index (χ1) is 9.56. The molecule has 112 valence electrons. The molecule has 0 aliphatic heterocycles. The molecule has 1 amide bonds. The first-order valence-electron chi connectivity index (χ1n) is 6.85. The second-order valence-corrected chi connectivity index (χ2v) is 4.43. The number of nitrogens with one attached hydrogen (secondary N) is 2. The fourth-order valence-corrected chi connectivity index (χ4v) is 1.82. The fraction of sp³-hybridized carbons (Fsp3) is 0.615. The van der Waals surface area contributed by atoms with Gasteiger partial charge in [0.25, 0.3) is 5.56 Å². The number of carbonyl (C=O) groups is 1. The van der Waals surface area contributed by atoms with Gasteiger partial charge in [0.05, 0.1) is 0 Å². The summed E-state index contributed by atoms with van der Waals surface area (Å²) in [6.07, 6.45) is 1.61. The molecule has 0 saturated heterocycles. The number of rotatable bonds is 8. The van der Waals surface area contributed by atoms with Gasteiger partial charge in [0.15, 0.2) is 0 Å². The van der Waals surface area contributed by atoms with Crippen LogP contribution in [0.5, 0.6) is 0 Å². The lowest BCUT2D eigenvalue weighted by atomic mass is 10.3. The average molecular weight is 282 g/mol. The second kappa shape index (κ2) is 8.31. The van der Waals surface area contributed by atoms with Crippen molar-refractivity contribution in [2.75, 3.05) is 26.2 Å². The van der Waals surface area contributed by atoms with Crippen LogP contribution in [0.2, 0.25) is 0 Å². The Bertz CT molecular complexity index is 531. The van der Waals surface area contributed by atoms with Crippen LogP contribution < -0.4 is 16.6 Å². The maximum atomic E-state index is 11.6. The quantitative estimate of drug-likeness (QED) is 0.665. The van der Waals surface area contributed by atoms with Crippen LogP contribution in [0.3, 0.4) is 0 Å². The zero-order chi connectivity index (χ0) is 15.0. The topological polar surface area (TPSA) is 87.2 Å². The molecule has 0 saturated carbocycles. The van der Waals surface area contributed by atoms with Crippen molar-refractivity contribution in [2.24, 2.45) is 0 Å². The number of hydrogen-bond acceptors (Lipinski definition) is 4. The molecule has 0 spiro atoms. The van der Waals surface area contributed by atoms with Crippen molar-refractivity contribution in [2.45, 2.75) is 26.8 Å². The van der Waals surface area contributed by atoms with E-state index in [1.165, 1.54) is 16.8 Å². The highest BCUT2D eigenvalue weighted by Gasteiger charge is 2.04. The van der Waals surface area contributed by atoms with E-state index in [0.29, 0.717) is 6.54 Å². The van der Waals surface area contributed by atoms with Gasteiger partial charge in [0.2, 0.25) is 5.91 Å². The Morgan fingerprint density at radius 1 is 1.35 bits per heavy atom. The van der Waals surface area contributed by atoms with E-state index in [1.807, 2.05) is 0 Å². The third-order valence-corrected chi connectivity index (χ3v) is 3.12. The van der Waals surface area contributed by atoms with Crippen molar-refractivity contribution in [1.29, 1.82) is 0 Å². The summed E-state index contributed by atoms with van der Waals surface area (Å²) in [6.45, 7) is 7.74. The second-order valence-electron chi connectivity index (χ2n) is 4.43. The first kappa shape index (κ1) is 16.2. The SMILES string of the molecule is CCN(CC)CCNC(=O)CCn1ccc(=O)[nH]c1=O. The van der Waals surface area contributed by atoms with Gasteiger partial charge in [0.1, 0.15) is 0 Å². The number of nitrogens with zero attached hydrogens (tertiary/aromatic N) is 2. The van der Waals surface area contributed by atoms with Gasteiger partial charge in [-0.05, 0) is 13.1 Å². The molecule has 0 aromatic carbocycles. The molecule has 7 nitrogen and oxygen atoms in total. The predicted molar refractivity (Wildman–Crippen MR) is 76.7 cm³/mol. The van der Waals surface area contributed by atoms with Crippen LogP contribution in [0, 0.1) is 0 Å². The highest BCUT2D eigenvalue weighted by molar-refractivity contribution is 5.75. The minimum absolute atomic E-state index is 0.102. The van der Waals surface area contributed by atoms with E-state index >= 15 is 0 Å². The molecule has 0 fully saturated rings. The maximum Gasteiger partial charge on any atom is 0.328 e. The Morgan fingerprint density at radius 3 is 2.65 bits per heavy atom. The molecule has 1 heterocycles. The van der Waals surface area contributed by atoms with Gasteiger partial charge in [-0.3, -0.25) is 14.6 Å². The lowest BCUT2D eigenvalue weighted by Gasteiger charge is -2.17. The van der Waals surface area contributed by atoms with Gasteiger partial charge in [-0.1, -0.05) is 13.8 Å². The number of aryl methyl sites for hydroxylation is 1. The van der Waals surface area contributed by atoms with Gasteiger partial charge in [0, 0.05) is 38.3 Å². The summed E-state index contributed by atoms with van der Waals surface area (Å²) in [6, 6.07) is 1.26. The molecule has 7 heteroatoms. The van der Waals surface area contributed by atoms with E-state index in [4.69, 9.17) is 0 Å². The number of aromatic nitrogens is 2. The van der Waals surface area contributed by atoms with Gasteiger partial charge in [-0.25, -0.2) is 4.79 Å². The zero-order valence-electron chi connectivity index (χ0n) is 12.0. The lowest BCUT2D eigenvalue weighted by molar-refractivity contribution is -0.121. The molecule has 1 aromatic rings. The molecular weight excluding hydrogens is 260 g/mol. The van der Waals surface area contributed by atoms with Crippen LogP contribution in [0.25, 0.3) is 0 Å². The average Bonchev–Trinajstić information content (AvgIpc) is 2.42. The maximum absolute atomic E-state index is 11.6. The molecule has 0 aliphatic carbocycles. The number of amides is 1. The molecule has 1 rings (SSSR count). The molecule has 0 aliphatic rings. The number of H-pyrrole nitrogens is 1. The van der Waals surface area contributed by atoms with Gasteiger partial charge in [-0.15, -0.1) is 0 Å². The molecule has 1 aromatic heterocycles. The number of aromatic amines is 1. The first-order valence-corrected chi connectivity index (χ1v) is 6.85. The van der Waals surface area contributed by atoms with E-state index in [0.717, 1.165) is 19.6 Å². The van der Waals surface area contributed by atoms with Crippen LogP contribution in [0.1, 0.15) is 20.3 Å². The molecule has 0 atom stereocenters. The Kier molecular flexibility index (Phi) is 6.72. The van der Waals surface area contributed by atoms with E-state index in [9.17, 15) is 14.4 Å². The molecule has 0 unspecified atom stereocenters. The number of carbonyl (C=O) groups excluding carboxylic acids is 1. The predicted octanol–water partition coefficient (Wildman–Crippen LogP) is -0.615. The van der Waals surface area contributed by atoms with Crippen molar-refractivity contribution in [3.63, 3.8) is 0 Å². The van der Waals surface area contributed by atoms with Crippen molar-refractivity contribution >= 4 is 5.91 Å². The summed E-state index contributed by atoms with van der Waals surface area (Å²) < 4.78 is 1.31. The molecule has 20 heavy (non-hydrogen) atoms. The Labute approximate surface area is 117 Å². The highest BCUT2D eigenvalue weighted by atomic mass is 16.2. The molecule has 0 bridgehead atoms. The largest absolute Gasteiger partial charge is 0.355 e. The van der Waals surface area contributed by atoms with E-state index in [1.54, 1.807) is 0 Å². The van der Waals surface area contributed by atoms with Crippen molar-refractivity contribution in [1.82, 2.24) is 19.8 Å². The van der Waals surface area contributed by atoms with Crippen LogP contribution >= 0.6 is 0 Å². The van der Waals surface area contributed by atoms with E-state index in [-0.39, 0.29) is 18.9 Å². The molecule has 2 N–H and O–H groups in total. The fourth-order valence-electron chi connectivity index (χ4n) is 1.82. The summed E-state index contributed by atoms with van der Waals surface area (Å²) in [4.78, 5) is 38.3. The monoisotopic (exact) mass is 282 g/mol. The Balaban J connectivity index is 2.33. The minimum atomic E-state index is -0.492. The standard InChI is InChI=1S/C13H22N4O3/c1-3-16(4-2)10-7-14-11(18)5-8-17-9-6-12(19)15-13(17)20/h6,9H,3-5,7-8,10H2,1-2H3,(H,14,18)(H,15,19,20). The number of likely N-dealkylation sites (N-methyl/N-ethyl adjacent to an activating group) is 1. The normalized spacial score (nSPS) is 10.8.